The molecule has 2 saturated heterocycles. The van der Waals surface area contributed by atoms with Crippen LogP contribution in [0.4, 0.5) is 0 Å². The minimum atomic E-state index is -2.66. The summed E-state index contributed by atoms with van der Waals surface area (Å²) in [6.07, 6.45) is 4.52. The number of rotatable bonds is 2. The number of ether oxygens (including phenoxy) is 1. The summed E-state index contributed by atoms with van der Waals surface area (Å²) in [7, 11) is -2.66. The minimum absolute atomic E-state index is 0.257. The largest absolute Gasteiger partial charge is 0.387 e. The summed E-state index contributed by atoms with van der Waals surface area (Å²) < 4.78 is 25.0. The number of imidazole rings is 1. The lowest BCUT2D eigenvalue weighted by atomic mass is 9.94. The zero-order chi connectivity index (χ0) is 19.1. The van der Waals surface area contributed by atoms with Crippen molar-refractivity contribution >= 4 is 21.5 Å². The van der Waals surface area contributed by atoms with E-state index >= 15 is 0 Å². The van der Waals surface area contributed by atoms with Crippen LogP contribution in [0, 0.1) is 0 Å². The minimum Gasteiger partial charge on any atom is -0.387 e. The molecule has 0 aliphatic carbocycles. The van der Waals surface area contributed by atoms with Crippen LogP contribution in [0.1, 0.15) is 35.6 Å². The van der Waals surface area contributed by atoms with Gasteiger partial charge in [-0.15, -0.1) is 0 Å². The van der Waals surface area contributed by atoms with Gasteiger partial charge in [-0.1, -0.05) is 0 Å². The number of aliphatic hydroxyl groups excluding tert-OH is 1. The third kappa shape index (κ3) is 3.65. The van der Waals surface area contributed by atoms with Crippen LogP contribution in [0.25, 0.3) is 0 Å². The number of morpholine rings is 1. The van der Waals surface area contributed by atoms with E-state index in [1.807, 2.05) is 4.57 Å². The molecule has 0 atom stereocenters. The van der Waals surface area contributed by atoms with Gasteiger partial charge in [0.15, 0.2) is 0 Å². The van der Waals surface area contributed by atoms with Gasteiger partial charge in [0.05, 0.1) is 21.9 Å². The van der Waals surface area contributed by atoms with E-state index in [0.29, 0.717) is 32.5 Å². The van der Waals surface area contributed by atoms with Gasteiger partial charge in [-0.3, -0.25) is 9.59 Å². The number of hydrogen-bond acceptors (Lipinski definition) is 6. The number of amides is 2. The van der Waals surface area contributed by atoms with Crippen LogP contribution in [-0.4, -0.2) is 79.0 Å². The van der Waals surface area contributed by atoms with Crippen molar-refractivity contribution < 1.29 is 23.6 Å². The predicted octanol–water partition coefficient (Wildman–Crippen LogP) is -0.179. The Morgan fingerprint density at radius 2 is 2.11 bits per heavy atom. The van der Waals surface area contributed by atoms with Crippen molar-refractivity contribution in [1.82, 2.24) is 14.5 Å². The lowest BCUT2D eigenvalue weighted by molar-refractivity contribution is -0.154. The molecule has 0 aromatic carbocycles. The Kier molecular flexibility index (Phi) is 4.81. The standard InChI is InChI=1S/C17H24N4O5S/c22-11-15(23)21-6-7-26-17(12-21)3-8-27(25,9-4-17)19-16(24)13-10-20-5-1-2-14(20)18-13/h10,22H,1-9,11-12H2. The second kappa shape index (κ2) is 6.99. The van der Waals surface area contributed by atoms with Crippen molar-refractivity contribution in [3.63, 3.8) is 0 Å². The van der Waals surface area contributed by atoms with E-state index in [2.05, 4.69) is 9.35 Å². The molecule has 0 bridgehead atoms. The first-order valence-electron chi connectivity index (χ1n) is 9.28. The Balaban J connectivity index is 1.45. The van der Waals surface area contributed by atoms with Crippen LogP contribution in [0.2, 0.25) is 0 Å². The van der Waals surface area contributed by atoms with Crippen LogP contribution < -0.4 is 0 Å². The molecule has 1 spiro atoms. The average Bonchev–Trinajstić information content (AvgIpc) is 3.26. The molecule has 148 valence electrons. The molecule has 0 radical (unpaired) electrons. The van der Waals surface area contributed by atoms with Crippen LogP contribution in [-0.2, 0) is 32.2 Å². The zero-order valence-electron chi connectivity index (χ0n) is 15.1. The molecule has 3 aliphatic rings. The van der Waals surface area contributed by atoms with Crippen molar-refractivity contribution in [2.24, 2.45) is 4.36 Å². The third-order valence-electron chi connectivity index (χ3n) is 5.62. The van der Waals surface area contributed by atoms with Gasteiger partial charge < -0.3 is 19.3 Å². The van der Waals surface area contributed by atoms with E-state index < -0.39 is 27.8 Å². The molecule has 3 aliphatic heterocycles. The molecule has 0 saturated carbocycles. The van der Waals surface area contributed by atoms with Crippen LogP contribution in [0.3, 0.4) is 0 Å². The maximum Gasteiger partial charge on any atom is 0.305 e. The number of aliphatic hydroxyl groups is 1. The molecule has 0 unspecified atom stereocenters. The van der Waals surface area contributed by atoms with Crippen molar-refractivity contribution in [3.8, 4) is 0 Å². The summed E-state index contributed by atoms with van der Waals surface area (Å²) in [6.45, 7) is 1.55. The van der Waals surface area contributed by atoms with E-state index in [1.165, 1.54) is 0 Å². The van der Waals surface area contributed by atoms with Gasteiger partial charge in [-0.25, -0.2) is 9.19 Å². The number of carbonyl (C=O) groups is 2. The molecule has 2 amide bonds. The predicted molar refractivity (Wildman–Crippen MR) is 96.8 cm³/mol. The van der Waals surface area contributed by atoms with Gasteiger partial charge in [0.25, 0.3) is 0 Å². The second-order valence-corrected chi connectivity index (χ2v) is 9.97. The highest BCUT2D eigenvalue weighted by Gasteiger charge is 2.42. The van der Waals surface area contributed by atoms with Crippen LogP contribution >= 0.6 is 0 Å². The first-order chi connectivity index (χ1) is 12.9. The number of hydrogen-bond donors (Lipinski definition) is 1. The van der Waals surface area contributed by atoms with Gasteiger partial charge in [0, 0.05) is 43.8 Å². The number of carbonyl (C=O) groups excluding carboxylic acids is 2. The number of aryl methyl sites for hydroxylation is 2. The monoisotopic (exact) mass is 396 g/mol. The summed E-state index contributed by atoms with van der Waals surface area (Å²) >= 11 is 0. The average molecular weight is 396 g/mol. The van der Waals surface area contributed by atoms with Gasteiger partial charge in [-0.05, 0) is 19.3 Å². The highest BCUT2D eigenvalue weighted by molar-refractivity contribution is 7.93. The smallest absolute Gasteiger partial charge is 0.305 e. The van der Waals surface area contributed by atoms with E-state index in [1.54, 1.807) is 11.1 Å². The molecule has 10 heteroatoms. The summed E-state index contributed by atoms with van der Waals surface area (Å²) in [6, 6.07) is 0. The highest BCUT2D eigenvalue weighted by Crippen LogP contribution is 2.32. The number of aromatic nitrogens is 2. The fraction of sp³-hybridized carbons (Fsp3) is 0.706. The van der Waals surface area contributed by atoms with Crippen LogP contribution in [0.5, 0.6) is 0 Å². The Bertz CT molecular complexity index is 850. The fourth-order valence-electron chi connectivity index (χ4n) is 4.03. The second-order valence-electron chi connectivity index (χ2n) is 7.42. The third-order valence-corrected chi connectivity index (χ3v) is 7.80. The first kappa shape index (κ1) is 18.6. The molecular formula is C17H24N4O5S. The molecule has 1 aromatic rings. The molecule has 4 heterocycles. The Hall–Kier alpha value is -1.78. The lowest BCUT2D eigenvalue weighted by Crippen LogP contribution is -2.57. The summed E-state index contributed by atoms with van der Waals surface area (Å²) in [4.78, 5) is 30.1. The van der Waals surface area contributed by atoms with Crippen molar-refractivity contribution in [2.75, 3.05) is 37.8 Å². The van der Waals surface area contributed by atoms with Crippen molar-refractivity contribution in [3.05, 3.63) is 17.7 Å². The fourth-order valence-corrected chi connectivity index (χ4v) is 6.19. The molecule has 27 heavy (non-hydrogen) atoms. The first-order valence-corrected chi connectivity index (χ1v) is 11.1. The van der Waals surface area contributed by atoms with Crippen LogP contribution in [0.15, 0.2) is 10.6 Å². The zero-order valence-corrected chi connectivity index (χ0v) is 15.9. The summed E-state index contributed by atoms with van der Waals surface area (Å²) in [5.74, 6) is 0.563. The maximum absolute atomic E-state index is 13.1. The van der Waals surface area contributed by atoms with E-state index in [9.17, 15) is 13.8 Å². The number of fused-ring (bicyclic) bond motifs is 1. The summed E-state index contributed by atoms with van der Waals surface area (Å²) in [5, 5.41) is 9.07. The topological polar surface area (TPSA) is 114 Å². The molecule has 9 nitrogen and oxygen atoms in total. The summed E-state index contributed by atoms with van der Waals surface area (Å²) in [5.41, 5.74) is -0.292. The Morgan fingerprint density at radius 3 is 2.81 bits per heavy atom. The SMILES string of the molecule is O=C(N=S1(=O)CCC2(CC1)CN(C(=O)CO)CCO2)c1cn2c(n1)CCC2. The van der Waals surface area contributed by atoms with Gasteiger partial charge >= 0.3 is 5.91 Å². The number of nitrogens with zero attached hydrogens (tertiary/aromatic N) is 4. The molecule has 2 fully saturated rings. The van der Waals surface area contributed by atoms with E-state index in [0.717, 1.165) is 25.2 Å². The van der Waals surface area contributed by atoms with E-state index in [4.69, 9.17) is 9.84 Å². The molecular weight excluding hydrogens is 372 g/mol. The normalized spacial score (nSPS) is 30.3. The van der Waals surface area contributed by atoms with Crippen molar-refractivity contribution in [1.29, 1.82) is 0 Å². The molecule has 1 N–H and O–H groups in total. The maximum atomic E-state index is 13.1. The quantitative estimate of drug-likeness (QED) is 0.742. The van der Waals surface area contributed by atoms with Crippen molar-refractivity contribution in [2.45, 2.75) is 37.8 Å². The van der Waals surface area contributed by atoms with Gasteiger partial charge in [0.1, 0.15) is 18.1 Å². The van der Waals surface area contributed by atoms with E-state index in [-0.39, 0.29) is 23.1 Å². The highest BCUT2D eigenvalue weighted by atomic mass is 32.2. The van der Waals surface area contributed by atoms with Gasteiger partial charge in [-0.2, -0.15) is 4.36 Å². The molecule has 4 rings (SSSR count). The Labute approximate surface area is 157 Å². The Morgan fingerprint density at radius 1 is 1.33 bits per heavy atom. The molecule has 1 aromatic heterocycles. The lowest BCUT2D eigenvalue weighted by Gasteiger charge is -2.45. The van der Waals surface area contributed by atoms with Gasteiger partial charge in [0.2, 0.25) is 5.91 Å².